The molecular weight excluding hydrogens is 298 g/mol. The Bertz CT molecular complexity index is 381. The Labute approximate surface area is 116 Å². The van der Waals surface area contributed by atoms with Crippen LogP contribution in [0.3, 0.4) is 0 Å². The molecule has 1 amide bonds. The molecule has 1 N–H and O–H groups in total. The van der Waals surface area contributed by atoms with Crippen LogP contribution in [0, 0.1) is 11.3 Å². The van der Waals surface area contributed by atoms with Gasteiger partial charge in [-0.15, -0.1) is 11.3 Å². The van der Waals surface area contributed by atoms with E-state index in [-0.39, 0.29) is 11.3 Å². The summed E-state index contributed by atoms with van der Waals surface area (Å²) in [4.78, 5) is 12.9. The molecule has 1 unspecified atom stereocenters. The Morgan fingerprint density at radius 2 is 2.12 bits per heavy atom. The van der Waals surface area contributed by atoms with E-state index in [0.717, 1.165) is 3.79 Å². The number of nitrogens with one attached hydrogen (secondary N) is 1. The second-order valence-electron chi connectivity index (χ2n) is 5.45. The van der Waals surface area contributed by atoms with E-state index in [9.17, 15) is 4.79 Å². The number of rotatable bonds is 4. The SMILES string of the molecule is CC(CC(=O)NCc1ccc(Br)s1)C(C)(C)C. The van der Waals surface area contributed by atoms with Crippen molar-refractivity contribution in [1.82, 2.24) is 5.32 Å². The molecule has 0 aliphatic carbocycles. The molecule has 96 valence electrons. The molecule has 0 fully saturated rings. The number of carbonyl (C=O) groups is 1. The first-order chi connectivity index (χ1) is 7.79. The number of hydrogen-bond donors (Lipinski definition) is 1. The fourth-order valence-electron chi connectivity index (χ4n) is 1.29. The number of hydrogen-bond acceptors (Lipinski definition) is 2. The molecule has 17 heavy (non-hydrogen) atoms. The summed E-state index contributed by atoms with van der Waals surface area (Å²) in [5, 5.41) is 2.97. The Morgan fingerprint density at radius 3 is 2.59 bits per heavy atom. The van der Waals surface area contributed by atoms with Gasteiger partial charge in [0.25, 0.3) is 0 Å². The minimum atomic E-state index is 0.136. The summed E-state index contributed by atoms with van der Waals surface area (Å²) in [6.45, 7) is 9.26. The molecule has 1 aromatic heterocycles. The Hall–Kier alpha value is -0.350. The van der Waals surface area contributed by atoms with Crippen LogP contribution in [0.15, 0.2) is 15.9 Å². The van der Waals surface area contributed by atoms with Gasteiger partial charge in [-0.25, -0.2) is 0 Å². The van der Waals surface area contributed by atoms with Crippen molar-refractivity contribution in [3.8, 4) is 0 Å². The van der Waals surface area contributed by atoms with Crippen molar-refractivity contribution < 1.29 is 4.79 Å². The van der Waals surface area contributed by atoms with E-state index in [4.69, 9.17) is 0 Å². The summed E-state index contributed by atoms with van der Waals surface area (Å²) in [6.07, 6.45) is 0.593. The fourth-order valence-corrected chi connectivity index (χ4v) is 2.71. The van der Waals surface area contributed by atoms with Gasteiger partial charge in [0, 0.05) is 11.3 Å². The van der Waals surface area contributed by atoms with Crippen LogP contribution in [0.4, 0.5) is 0 Å². The lowest BCUT2D eigenvalue weighted by molar-refractivity contribution is -0.122. The van der Waals surface area contributed by atoms with Crippen molar-refractivity contribution >= 4 is 33.2 Å². The van der Waals surface area contributed by atoms with E-state index in [1.54, 1.807) is 11.3 Å². The van der Waals surface area contributed by atoms with Crippen LogP contribution in [0.5, 0.6) is 0 Å². The standard InChI is InChI=1S/C13H20BrNOS/c1-9(13(2,3)4)7-12(16)15-8-10-5-6-11(14)17-10/h5-6,9H,7-8H2,1-4H3,(H,15,16). The predicted octanol–water partition coefficient (Wildman–Crippen LogP) is 4.20. The maximum atomic E-state index is 11.8. The van der Waals surface area contributed by atoms with Crippen LogP contribution in [0.25, 0.3) is 0 Å². The summed E-state index contributed by atoms with van der Waals surface area (Å²) >= 11 is 5.07. The molecule has 0 radical (unpaired) electrons. The van der Waals surface area contributed by atoms with Crippen LogP contribution >= 0.6 is 27.3 Å². The molecule has 0 bridgehead atoms. The fraction of sp³-hybridized carbons (Fsp3) is 0.615. The predicted molar refractivity (Wildman–Crippen MR) is 77.1 cm³/mol. The van der Waals surface area contributed by atoms with Gasteiger partial charge in [0.15, 0.2) is 0 Å². The average molecular weight is 318 g/mol. The summed E-state index contributed by atoms with van der Waals surface area (Å²) in [5.41, 5.74) is 0.184. The molecule has 0 aromatic carbocycles. The van der Waals surface area contributed by atoms with Crippen molar-refractivity contribution in [3.05, 3.63) is 20.8 Å². The lowest BCUT2D eigenvalue weighted by Crippen LogP contribution is -2.28. The van der Waals surface area contributed by atoms with Gasteiger partial charge in [0.1, 0.15) is 0 Å². The van der Waals surface area contributed by atoms with Crippen molar-refractivity contribution in [2.75, 3.05) is 0 Å². The highest BCUT2D eigenvalue weighted by molar-refractivity contribution is 9.11. The van der Waals surface area contributed by atoms with Crippen LogP contribution in [0.2, 0.25) is 0 Å². The minimum Gasteiger partial charge on any atom is -0.351 e. The number of halogens is 1. The zero-order valence-electron chi connectivity index (χ0n) is 10.8. The number of amides is 1. The molecule has 1 rings (SSSR count). The first-order valence-corrected chi connectivity index (χ1v) is 7.41. The van der Waals surface area contributed by atoms with E-state index in [1.807, 2.05) is 12.1 Å². The molecule has 1 atom stereocenters. The zero-order valence-corrected chi connectivity index (χ0v) is 13.2. The molecule has 0 aliphatic rings. The highest BCUT2D eigenvalue weighted by Crippen LogP contribution is 2.28. The van der Waals surface area contributed by atoms with Crippen molar-refractivity contribution in [1.29, 1.82) is 0 Å². The van der Waals surface area contributed by atoms with E-state index in [0.29, 0.717) is 18.9 Å². The second-order valence-corrected chi connectivity index (χ2v) is 8.00. The number of carbonyl (C=O) groups excluding carboxylic acids is 1. The van der Waals surface area contributed by atoms with Gasteiger partial charge in [-0.1, -0.05) is 27.7 Å². The molecule has 1 aromatic rings. The maximum absolute atomic E-state index is 11.8. The topological polar surface area (TPSA) is 29.1 Å². The van der Waals surface area contributed by atoms with Gasteiger partial charge in [0.05, 0.1) is 10.3 Å². The van der Waals surface area contributed by atoms with Crippen LogP contribution in [-0.2, 0) is 11.3 Å². The highest BCUT2D eigenvalue weighted by Gasteiger charge is 2.22. The molecule has 2 nitrogen and oxygen atoms in total. The molecule has 4 heteroatoms. The normalized spacial score (nSPS) is 13.5. The lowest BCUT2D eigenvalue weighted by atomic mass is 9.80. The van der Waals surface area contributed by atoms with Gasteiger partial charge in [-0.3, -0.25) is 4.79 Å². The molecule has 0 spiro atoms. The average Bonchev–Trinajstić information content (AvgIpc) is 2.60. The monoisotopic (exact) mass is 317 g/mol. The van der Waals surface area contributed by atoms with Gasteiger partial charge in [-0.05, 0) is 39.4 Å². The molecule has 0 saturated carbocycles. The van der Waals surface area contributed by atoms with Gasteiger partial charge < -0.3 is 5.32 Å². The Morgan fingerprint density at radius 1 is 1.47 bits per heavy atom. The van der Waals surface area contributed by atoms with Crippen molar-refractivity contribution in [2.45, 2.75) is 40.7 Å². The van der Waals surface area contributed by atoms with Gasteiger partial charge in [-0.2, -0.15) is 0 Å². The number of thiophene rings is 1. The summed E-state index contributed by atoms with van der Waals surface area (Å²) in [6, 6.07) is 4.03. The Balaban J connectivity index is 2.36. The second kappa shape index (κ2) is 6.01. The van der Waals surface area contributed by atoms with Crippen molar-refractivity contribution in [3.63, 3.8) is 0 Å². The van der Waals surface area contributed by atoms with Crippen LogP contribution in [-0.4, -0.2) is 5.91 Å². The van der Waals surface area contributed by atoms with E-state index in [1.165, 1.54) is 4.88 Å². The van der Waals surface area contributed by atoms with E-state index in [2.05, 4.69) is 48.9 Å². The zero-order chi connectivity index (χ0) is 13.1. The third-order valence-electron chi connectivity index (χ3n) is 3.06. The molecule has 0 aliphatic heterocycles. The quantitative estimate of drug-likeness (QED) is 0.886. The van der Waals surface area contributed by atoms with E-state index >= 15 is 0 Å². The van der Waals surface area contributed by atoms with Crippen molar-refractivity contribution in [2.24, 2.45) is 11.3 Å². The highest BCUT2D eigenvalue weighted by atomic mass is 79.9. The summed E-state index contributed by atoms with van der Waals surface area (Å²) < 4.78 is 1.10. The molecule has 0 saturated heterocycles. The summed E-state index contributed by atoms with van der Waals surface area (Å²) in [7, 11) is 0. The van der Waals surface area contributed by atoms with Crippen LogP contribution < -0.4 is 5.32 Å². The smallest absolute Gasteiger partial charge is 0.220 e. The van der Waals surface area contributed by atoms with E-state index < -0.39 is 0 Å². The third-order valence-corrected chi connectivity index (χ3v) is 4.68. The molecule has 1 heterocycles. The largest absolute Gasteiger partial charge is 0.351 e. The third kappa shape index (κ3) is 5.21. The first kappa shape index (κ1) is 14.7. The maximum Gasteiger partial charge on any atom is 0.220 e. The molecular formula is C13H20BrNOS. The van der Waals surface area contributed by atoms with Crippen LogP contribution in [0.1, 0.15) is 39.0 Å². The van der Waals surface area contributed by atoms with Gasteiger partial charge in [0.2, 0.25) is 5.91 Å². The summed E-state index contributed by atoms with van der Waals surface area (Å²) in [5.74, 6) is 0.523. The lowest BCUT2D eigenvalue weighted by Gasteiger charge is -2.26. The Kier molecular flexibility index (Phi) is 5.20. The minimum absolute atomic E-state index is 0.136. The first-order valence-electron chi connectivity index (χ1n) is 5.80. The van der Waals surface area contributed by atoms with Gasteiger partial charge >= 0.3 is 0 Å².